The first kappa shape index (κ1) is 15.6. The number of aromatic nitrogens is 2. The lowest BCUT2D eigenvalue weighted by Gasteiger charge is -2.39. The lowest BCUT2D eigenvalue weighted by atomic mass is 9.68. The fourth-order valence-electron chi connectivity index (χ4n) is 3.68. The first-order valence-electron chi connectivity index (χ1n) is 8.05. The Hall–Kier alpha value is -0.830. The molecule has 1 heterocycles. The molecule has 0 bridgehead atoms. The maximum atomic E-state index is 4.48. The summed E-state index contributed by atoms with van der Waals surface area (Å²) in [5.74, 6) is 2.89. The van der Waals surface area contributed by atoms with Crippen LogP contribution in [-0.2, 0) is 13.5 Å². The van der Waals surface area contributed by atoms with Crippen molar-refractivity contribution in [1.29, 1.82) is 0 Å². The number of hydrogen-bond donors (Lipinski definition) is 1. The van der Waals surface area contributed by atoms with E-state index in [-0.39, 0.29) is 0 Å². The van der Waals surface area contributed by atoms with Gasteiger partial charge in [-0.1, -0.05) is 20.8 Å². The quantitative estimate of drug-likeness (QED) is 0.914. The Morgan fingerprint density at radius 1 is 1.30 bits per heavy atom. The van der Waals surface area contributed by atoms with E-state index in [9.17, 15) is 0 Å². The predicted molar refractivity (Wildman–Crippen MR) is 84.7 cm³/mol. The molecule has 0 amide bonds. The number of aryl methyl sites for hydroxylation is 1. The zero-order valence-corrected chi connectivity index (χ0v) is 13.8. The highest BCUT2D eigenvalue weighted by Gasteiger charge is 2.32. The molecule has 1 saturated carbocycles. The van der Waals surface area contributed by atoms with Gasteiger partial charge in [-0.25, -0.2) is 4.98 Å². The summed E-state index contributed by atoms with van der Waals surface area (Å²) in [6.07, 6.45) is 10.5. The summed E-state index contributed by atoms with van der Waals surface area (Å²) in [5.41, 5.74) is 0.472. The van der Waals surface area contributed by atoms with Gasteiger partial charge in [0.1, 0.15) is 5.82 Å². The fraction of sp³-hybridized carbons (Fsp3) is 0.824. The van der Waals surface area contributed by atoms with E-state index in [1.165, 1.54) is 31.5 Å². The molecule has 1 atom stereocenters. The van der Waals surface area contributed by atoms with Crippen LogP contribution in [0.1, 0.15) is 52.3 Å². The third kappa shape index (κ3) is 3.63. The van der Waals surface area contributed by atoms with Gasteiger partial charge in [-0.2, -0.15) is 0 Å². The Kier molecular flexibility index (Phi) is 4.90. The molecule has 1 unspecified atom stereocenters. The maximum Gasteiger partial charge on any atom is 0.109 e. The van der Waals surface area contributed by atoms with Crippen molar-refractivity contribution < 1.29 is 0 Å². The summed E-state index contributed by atoms with van der Waals surface area (Å²) in [4.78, 5) is 4.48. The summed E-state index contributed by atoms with van der Waals surface area (Å²) in [6.45, 7) is 7.17. The normalized spacial score (nSPS) is 25.6. The molecule has 3 heteroatoms. The summed E-state index contributed by atoms with van der Waals surface area (Å²) >= 11 is 0. The molecular weight excluding hydrogens is 246 g/mol. The molecule has 114 valence electrons. The smallest absolute Gasteiger partial charge is 0.109 e. The third-order valence-electron chi connectivity index (χ3n) is 5.26. The van der Waals surface area contributed by atoms with Gasteiger partial charge in [-0.15, -0.1) is 0 Å². The molecule has 0 spiro atoms. The SMILES string of the molecule is CNC(Cc1nccn1C)C1CCC(C(C)(C)C)CC1. The summed E-state index contributed by atoms with van der Waals surface area (Å²) in [5, 5.41) is 3.54. The molecule has 20 heavy (non-hydrogen) atoms. The van der Waals surface area contributed by atoms with Crippen LogP contribution in [0, 0.1) is 17.3 Å². The number of nitrogens with one attached hydrogen (secondary N) is 1. The van der Waals surface area contributed by atoms with Crippen molar-refractivity contribution in [3.63, 3.8) is 0 Å². The van der Waals surface area contributed by atoms with Crippen LogP contribution < -0.4 is 5.32 Å². The Labute approximate surface area is 124 Å². The lowest BCUT2D eigenvalue weighted by Crippen LogP contribution is -2.39. The van der Waals surface area contributed by atoms with Gasteiger partial charge in [-0.05, 0) is 50.0 Å². The van der Waals surface area contributed by atoms with Crippen LogP contribution in [0.2, 0.25) is 0 Å². The Morgan fingerprint density at radius 3 is 2.40 bits per heavy atom. The monoisotopic (exact) mass is 277 g/mol. The van der Waals surface area contributed by atoms with E-state index in [2.05, 4.69) is 49.7 Å². The van der Waals surface area contributed by atoms with Crippen molar-refractivity contribution in [2.24, 2.45) is 24.3 Å². The van der Waals surface area contributed by atoms with Crippen molar-refractivity contribution in [1.82, 2.24) is 14.9 Å². The maximum absolute atomic E-state index is 4.48. The van der Waals surface area contributed by atoms with E-state index in [4.69, 9.17) is 0 Å². The minimum Gasteiger partial charge on any atom is -0.338 e. The van der Waals surface area contributed by atoms with Gasteiger partial charge in [-0.3, -0.25) is 0 Å². The molecule has 1 aliphatic carbocycles. The Balaban J connectivity index is 1.92. The standard InChI is InChI=1S/C17H31N3/c1-17(2,3)14-8-6-13(7-9-14)15(18-4)12-16-19-10-11-20(16)5/h10-11,13-15,18H,6-9,12H2,1-5H3. The van der Waals surface area contributed by atoms with E-state index in [0.717, 1.165) is 18.3 Å². The van der Waals surface area contributed by atoms with E-state index in [1.807, 2.05) is 12.4 Å². The average Bonchev–Trinajstić information content (AvgIpc) is 2.80. The van der Waals surface area contributed by atoms with Crippen LogP contribution in [0.15, 0.2) is 12.4 Å². The Bertz CT molecular complexity index is 408. The summed E-state index contributed by atoms with van der Waals surface area (Å²) < 4.78 is 2.14. The lowest BCUT2D eigenvalue weighted by molar-refractivity contribution is 0.133. The van der Waals surface area contributed by atoms with E-state index < -0.39 is 0 Å². The van der Waals surface area contributed by atoms with Crippen molar-refractivity contribution in [2.45, 2.75) is 58.9 Å². The number of imidazole rings is 1. The van der Waals surface area contributed by atoms with Gasteiger partial charge >= 0.3 is 0 Å². The highest BCUT2D eigenvalue weighted by molar-refractivity contribution is 4.97. The highest BCUT2D eigenvalue weighted by atomic mass is 15.0. The molecule has 1 fully saturated rings. The van der Waals surface area contributed by atoms with Crippen LogP contribution in [0.4, 0.5) is 0 Å². The number of likely N-dealkylation sites (N-methyl/N-ethyl adjacent to an activating group) is 1. The van der Waals surface area contributed by atoms with Crippen LogP contribution in [0.3, 0.4) is 0 Å². The minimum atomic E-state index is 0.472. The second-order valence-electron chi connectivity index (χ2n) is 7.53. The topological polar surface area (TPSA) is 29.9 Å². The molecule has 1 aliphatic rings. The van der Waals surface area contributed by atoms with Crippen LogP contribution in [0.25, 0.3) is 0 Å². The van der Waals surface area contributed by atoms with Gasteiger partial charge in [0.25, 0.3) is 0 Å². The molecule has 0 aromatic carbocycles. The number of nitrogens with zero attached hydrogens (tertiary/aromatic N) is 2. The largest absolute Gasteiger partial charge is 0.338 e. The fourth-order valence-corrected chi connectivity index (χ4v) is 3.68. The molecule has 3 nitrogen and oxygen atoms in total. The van der Waals surface area contributed by atoms with E-state index in [0.29, 0.717) is 11.5 Å². The van der Waals surface area contributed by atoms with Gasteiger partial charge in [0.05, 0.1) is 0 Å². The van der Waals surface area contributed by atoms with Crippen molar-refractivity contribution in [2.75, 3.05) is 7.05 Å². The van der Waals surface area contributed by atoms with Gasteiger partial charge < -0.3 is 9.88 Å². The zero-order valence-electron chi connectivity index (χ0n) is 13.8. The Morgan fingerprint density at radius 2 is 1.95 bits per heavy atom. The molecule has 0 saturated heterocycles. The van der Waals surface area contributed by atoms with Gasteiger partial charge in [0.2, 0.25) is 0 Å². The second kappa shape index (κ2) is 6.30. The van der Waals surface area contributed by atoms with Crippen molar-refractivity contribution in [3.8, 4) is 0 Å². The third-order valence-corrected chi connectivity index (χ3v) is 5.26. The molecule has 1 N–H and O–H groups in total. The molecule has 0 aliphatic heterocycles. The first-order valence-corrected chi connectivity index (χ1v) is 8.05. The average molecular weight is 277 g/mol. The van der Waals surface area contributed by atoms with Crippen molar-refractivity contribution in [3.05, 3.63) is 18.2 Å². The molecule has 2 rings (SSSR count). The molecular formula is C17H31N3. The van der Waals surface area contributed by atoms with E-state index in [1.54, 1.807) is 0 Å². The number of hydrogen-bond acceptors (Lipinski definition) is 2. The van der Waals surface area contributed by atoms with Crippen molar-refractivity contribution >= 4 is 0 Å². The van der Waals surface area contributed by atoms with Gasteiger partial charge in [0, 0.05) is 31.9 Å². The summed E-state index contributed by atoms with van der Waals surface area (Å²) in [6, 6.07) is 0.567. The summed E-state index contributed by atoms with van der Waals surface area (Å²) in [7, 11) is 4.19. The predicted octanol–water partition coefficient (Wildman–Crippen LogP) is 3.40. The number of rotatable bonds is 4. The first-order chi connectivity index (χ1) is 9.41. The van der Waals surface area contributed by atoms with Gasteiger partial charge in [0.15, 0.2) is 0 Å². The minimum absolute atomic E-state index is 0.472. The zero-order chi connectivity index (χ0) is 14.8. The molecule has 1 aromatic rings. The molecule has 1 aromatic heterocycles. The molecule has 0 radical (unpaired) electrons. The highest BCUT2D eigenvalue weighted by Crippen LogP contribution is 2.40. The van der Waals surface area contributed by atoms with E-state index >= 15 is 0 Å². The van der Waals surface area contributed by atoms with Crippen LogP contribution >= 0.6 is 0 Å². The second-order valence-corrected chi connectivity index (χ2v) is 7.53. The van der Waals surface area contributed by atoms with Crippen LogP contribution in [0.5, 0.6) is 0 Å². The van der Waals surface area contributed by atoms with Crippen LogP contribution in [-0.4, -0.2) is 22.6 Å².